The van der Waals surface area contributed by atoms with Crippen LogP contribution < -0.4 is 15.5 Å². The van der Waals surface area contributed by atoms with Crippen molar-refractivity contribution in [3.8, 4) is 0 Å². The van der Waals surface area contributed by atoms with Crippen LogP contribution in [0.2, 0.25) is 0 Å². The van der Waals surface area contributed by atoms with Crippen LogP contribution >= 0.6 is 24.0 Å². The minimum atomic E-state index is 0. The van der Waals surface area contributed by atoms with Crippen molar-refractivity contribution in [3.63, 3.8) is 0 Å². The van der Waals surface area contributed by atoms with E-state index in [-0.39, 0.29) is 24.0 Å². The molecular formula is C25H29IN6. The molecule has 2 heterocycles. The fourth-order valence-electron chi connectivity index (χ4n) is 3.59. The van der Waals surface area contributed by atoms with Crippen LogP contribution in [0.25, 0.3) is 21.8 Å². The van der Waals surface area contributed by atoms with E-state index in [1.807, 2.05) is 61.6 Å². The third-order valence-corrected chi connectivity index (χ3v) is 5.18. The van der Waals surface area contributed by atoms with Crippen molar-refractivity contribution in [1.82, 2.24) is 20.6 Å². The molecule has 2 aromatic carbocycles. The number of aliphatic imine (C=N–C) groups is 1. The van der Waals surface area contributed by atoms with Crippen molar-refractivity contribution in [2.45, 2.75) is 20.0 Å². The normalized spacial score (nSPS) is 11.3. The maximum Gasteiger partial charge on any atom is 0.191 e. The van der Waals surface area contributed by atoms with Gasteiger partial charge in [0.1, 0.15) is 5.82 Å². The molecule has 0 radical (unpaired) electrons. The molecule has 0 saturated carbocycles. The Bertz CT molecular complexity index is 1220. The molecule has 0 aliphatic rings. The number of aromatic nitrogens is 2. The summed E-state index contributed by atoms with van der Waals surface area (Å²) >= 11 is 0. The van der Waals surface area contributed by atoms with E-state index in [4.69, 9.17) is 9.98 Å². The lowest BCUT2D eigenvalue weighted by Gasteiger charge is -2.15. The Morgan fingerprint density at radius 2 is 1.59 bits per heavy atom. The quantitative estimate of drug-likeness (QED) is 0.211. The second-order valence-corrected chi connectivity index (χ2v) is 7.59. The Labute approximate surface area is 206 Å². The van der Waals surface area contributed by atoms with E-state index in [0.717, 1.165) is 45.7 Å². The molecule has 2 N–H and O–H groups in total. The van der Waals surface area contributed by atoms with Gasteiger partial charge in [-0.15, -0.1) is 24.0 Å². The van der Waals surface area contributed by atoms with Crippen LogP contribution in [0.15, 0.2) is 71.9 Å². The number of hydrogen-bond acceptors (Lipinski definition) is 4. The number of nitrogens with one attached hydrogen (secondary N) is 2. The first-order chi connectivity index (χ1) is 15.2. The fourth-order valence-corrected chi connectivity index (χ4v) is 3.59. The number of hydrogen-bond donors (Lipinski definition) is 2. The Morgan fingerprint density at radius 1 is 0.906 bits per heavy atom. The van der Waals surface area contributed by atoms with E-state index >= 15 is 0 Å². The highest BCUT2D eigenvalue weighted by Gasteiger charge is 2.08. The van der Waals surface area contributed by atoms with E-state index in [0.29, 0.717) is 13.1 Å². The molecular weight excluding hydrogens is 511 g/mol. The molecule has 7 heteroatoms. The summed E-state index contributed by atoms with van der Waals surface area (Å²) in [6.45, 7) is 4.11. The molecule has 0 amide bonds. The summed E-state index contributed by atoms with van der Waals surface area (Å²) in [5.41, 5.74) is 4.34. The number of para-hydroxylation sites is 2. The van der Waals surface area contributed by atoms with E-state index < -0.39 is 0 Å². The molecule has 6 nitrogen and oxygen atoms in total. The molecule has 32 heavy (non-hydrogen) atoms. The van der Waals surface area contributed by atoms with Crippen molar-refractivity contribution < 1.29 is 0 Å². The van der Waals surface area contributed by atoms with Gasteiger partial charge in [-0.05, 0) is 42.3 Å². The van der Waals surface area contributed by atoms with Crippen LogP contribution in [0.3, 0.4) is 0 Å². The second-order valence-electron chi connectivity index (χ2n) is 7.59. The Kier molecular flexibility index (Phi) is 8.21. The number of rotatable bonds is 6. The maximum atomic E-state index is 4.86. The molecule has 0 unspecified atom stereocenters. The summed E-state index contributed by atoms with van der Waals surface area (Å²) in [6, 6.07) is 20.6. The van der Waals surface area contributed by atoms with Gasteiger partial charge in [-0.3, -0.25) is 4.98 Å². The molecule has 0 saturated heterocycles. The molecule has 166 valence electrons. The lowest BCUT2D eigenvalue weighted by molar-refractivity contribution is 0.819. The second kappa shape index (κ2) is 11.1. The Morgan fingerprint density at radius 3 is 2.31 bits per heavy atom. The predicted molar refractivity (Wildman–Crippen MR) is 145 cm³/mol. The first-order valence-electron chi connectivity index (χ1n) is 10.6. The highest BCUT2D eigenvalue weighted by Crippen LogP contribution is 2.23. The van der Waals surface area contributed by atoms with Crippen LogP contribution in [0.5, 0.6) is 0 Å². The first-order valence-corrected chi connectivity index (χ1v) is 10.6. The van der Waals surface area contributed by atoms with Crippen LogP contribution in [-0.2, 0) is 13.1 Å². The van der Waals surface area contributed by atoms with Crippen LogP contribution in [-0.4, -0.2) is 36.6 Å². The van der Waals surface area contributed by atoms with Crippen LogP contribution in [0.1, 0.15) is 18.1 Å². The fraction of sp³-hybridized carbons (Fsp3) is 0.240. The van der Waals surface area contributed by atoms with E-state index in [2.05, 4.69) is 46.8 Å². The Balaban J connectivity index is 0.00000289. The molecule has 4 aromatic rings. The summed E-state index contributed by atoms with van der Waals surface area (Å²) in [5.74, 6) is 1.72. The van der Waals surface area contributed by atoms with Crippen molar-refractivity contribution in [2.24, 2.45) is 4.99 Å². The van der Waals surface area contributed by atoms with E-state index in [1.54, 1.807) is 0 Å². The molecule has 0 atom stereocenters. The summed E-state index contributed by atoms with van der Waals surface area (Å²) in [7, 11) is 4.02. The van der Waals surface area contributed by atoms with Crippen LogP contribution in [0, 0.1) is 0 Å². The number of pyridine rings is 2. The largest absolute Gasteiger partial charge is 0.363 e. The van der Waals surface area contributed by atoms with Gasteiger partial charge < -0.3 is 15.5 Å². The monoisotopic (exact) mass is 540 g/mol. The highest BCUT2D eigenvalue weighted by molar-refractivity contribution is 14.0. The van der Waals surface area contributed by atoms with Crippen LogP contribution in [0.4, 0.5) is 5.82 Å². The molecule has 0 aliphatic heterocycles. The van der Waals surface area contributed by atoms with Gasteiger partial charge in [-0.25, -0.2) is 9.98 Å². The zero-order valence-corrected chi connectivity index (χ0v) is 21.0. The third-order valence-electron chi connectivity index (χ3n) is 5.18. The van der Waals surface area contributed by atoms with Gasteiger partial charge in [0, 0.05) is 44.2 Å². The van der Waals surface area contributed by atoms with Gasteiger partial charge in [-0.1, -0.05) is 36.4 Å². The van der Waals surface area contributed by atoms with Gasteiger partial charge >= 0.3 is 0 Å². The summed E-state index contributed by atoms with van der Waals surface area (Å²) < 4.78 is 0. The van der Waals surface area contributed by atoms with Crippen molar-refractivity contribution in [2.75, 3.05) is 25.5 Å². The average Bonchev–Trinajstić information content (AvgIpc) is 2.80. The smallest absolute Gasteiger partial charge is 0.191 e. The van der Waals surface area contributed by atoms with Crippen molar-refractivity contribution in [1.29, 1.82) is 0 Å². The third kappa shape index (κ3) is 5.45. The predicted octanol–water partition coefficient (Wildman–Crippen LogP) is 4.72. The molecule has 4 rings (SSSR count). The minimum absolute atomic E-state index is 0. The number of fused-ring (bicyclic) bond motifs is 2. The minimum Gasteiger partial charge on any atom is -0.363 e. The topological polar surface area (TPSA) is 65.4 Å². The first kappa shape index (κ1) is 23.7. The number of anilines is 1. The summed E-state index contributed by atoms with van der Waals surface area (Å²) in [5, 5.41) is 9.11. The number of nitrogens with zero attached hydrogens (tertiary/aromatic N) is 4. The maximum absolute atomic E-state index is 4.86. The Hall–Kier alpha value is -2.94. The van der Waals surface area contributed by atoms with Gasteiger partial charge in [0.25, 0.3) is 0 Å². The highest BCUT2D eigenvalue weighted by atomic mass is 127. The number of benzene rings is 2. The standard InChI is InChI=1S/C25H28N6.HI/c1-4-26-25(28-16-18-13-14-27-22-11-7-5-9-20(18)22)29-17-19-15-24(31(2)3)30-23-12-8-6-10-21(19)23;/h5-15H,4,16-17H2,1-3H3,(H2,26,28,29);1H. The molecule has 2 aromatic heterocycles. The summed E-state index contributed by atoms with van der Waals surface area (Å²) in [6.07, 6.45) is 1.86. The average molecular weight is 540 g/mol. The zero-order valence-electron chi connectivity index (χ0n) is 18.7. The van der Waals surface area contributed by atoms with Gasteiger partial charge in [-0.2, -0.15) is 0 Å². The lowest BCUT2D eigenvalue weighted by Crippen LogP contribution is -2.36. The molecule has 0 bridgehead atoms. The van der Waals surface area contributed by atoms with Crippen molar-refractivity contribution in [3.05, 3.63) is 78.0 Å². The zero-order chi connectivity index (χ0) is 21.6. The molecule has 0 spiro atoms. The SMILES string of the molecule is CCNC(=NCc1cc(N(C)C)nc2ccccc12)NCc1ccnc2ccccc12.I. The number of guanidine groups is 1. The van der Waals surface area contributed by atoms with Crippen molar-refractivity contribution >= 4 is 57.6 Å². The van der Waals surface area contributed by atoms with Gasteiger partial charge in [0.15, 0.2) is 5.96 Å². The van der Waals surface area contributed by atoms with Gasteiger partial charge in [0.05, 0.1) is 17.6 Å². The van der Waals surface area contributed by atoms with E-state index in [9.17, 15) is 0 Å². The van der Waals surface area contributed by atoms with E-state index in [1.165, 1.54) is 5.56 Å². The molecule has 0 aliphatic carbocycles. The molecule has 0 fully saturated rings. The summed E-state index contributed by atoms with van der Waals surface area (Å²) in [4.78, 5) is 16.1. The lowest BCUT2D eigenvalue weighted by atomic mass is 10.1. The van der Waals surface area contributed by atoms with Gasteiger partial charge in [0.2, 0.25) is 0 Å². The number of halogens is 1.